The molecule has 9 heteroatoms. The molecule has 8 nitrogen and oxygen atoms in total. The topological polar surface area (TPSA) is 108 Å². The first-order valence-corrected chi connectivity index (χ1v) is 16.7. The molecule has 0 rings (SSSR count). The van der Waals surface area contributed by atoms with Gasteiger partial charge in [-0.15, -0.1) is 0 Å². The van der Waals surface area contributed by atoms with Crippen LogP contribution in [0.15, 0.2) is 0 Å². The monoisotopic (exact) mass is 578 g/mol. The van der Waals surface area contributed by atoms with Crippen molar-refractivity contribution in [1.29, 1.82) is 0 Å². The van der Waals surface area contributed by atoms with Gasteiger partial charge in [-0.3, -0.25) is 18.6 Å². The zero-order valence-electron chi connectivity index (χ0n) is 25.9. The van der Waals surface area contributed by atoms with Crippen LogP contribution in [0.2, 0.25) is 0 Å². The van der Waals surface area contributed by atoms with E-state index in [9.17, 15) is 19.0 Å². The van der Waals surface area contributed by atoms with Crippen molar-refractivity contribution in [2.24, 2.45) is 10.8 Å². The van der Waals surface area contributed by atoms with Gasteiger partial charge in [0, 0.05) is 0 Å². The fourth-order valence-corrected chi connectivity index (χ4v) is 4.48. The second-order valence-corrected chi connectivity index (χ2v) is 14.0. The summed E-state index contributed by atoms with van der Waals surface area (Å²) in [5, 5.41) is 0. The van der Waals surface area contributed by atoms with Gasteiger partial charge in [0.2, 0.25) is 0 Å². The molecule has 0 saturated heterocycles. The fraction of sp³-hybridized carbons (Fsp3) is 0.933. The highest BCUT2D eigenvalue weighted by atomic mass is 31.2. The van der Waals surface area contributed by atoms with E-state index in [1.54, 1.807) is 0 Å². The van der Waals surface area contributed by atoms with Gasteiger partial charge in [-0.1, -0.05) is 77.0 Å². The first-order chi connectivity index (χ1) is 18.3. The third-order valence-electron chi connectivity index (χ3n) is 6.28. The summed E-state index contributed by atoms with van der Waals surface area (Å²) in [7, 11) is -3.95. The van der Waals surface area contributed by atoms with Crippen LogP contribution in [0, 0.1) is 10.8 Å². The molecule has 0 aromatic rings. The van der Waals surface area contributed by atoms with Crippen LogP contribution < -0.4 is 0 Å². The first-order valence-electron chi connectivity index (χ1n) is 15.2. The molecule has 0 saturated carbocycles. The summed E-state index contributed by atoms with van der Waals surface area (Å²) in [6.45, 7) is 12.6. The molecule has 0 bridgehead atoms. The van der Waals surface area contributed by atoms with Crippen LogP contribution in [0.3, 0.4) is 0 Å². The van der Waals surface area contributed by atoms with Crippen molar-refractivity contribution in [3.8, 4) is 0 Å². The third kappa shape index (κ3) is 24.6. The molecule has 0 aromatic heterocycles. The van der Waals surface area contributed by atoms with Crippen molar-refractivity contribution >= 4 is 19.8 Å². The Balaban J connectivity index is 3.44. The Bertz CT molecular complexity index is 627. The highest BCUT2D eigenvalue weighted by Gasteiger charge is 2.23. The molecule has 39 heavy (non-hydrogen) atoms. The minimum atomic E-state index is -3.95. The zero-order valence-corrected chi connectivity index (χ0v) is 26.8. The number of phosphoric ester groups is 1. The van der Waals surface area contributed by atoms with Gasteiger partial charge in [-0.25, -0.2) is 4.57 Å². The van der Waals surface area contributed by atoms with Crippen LogP contribution in [0.4, 0.5) is 0 Å². The minimum Gasteiger partial charge on any atom is -0.465 e. The molecule has 1 N–H and O–H groups in total. The number of ether oxygens (including phenoxy) is 2. The van der Waals surface area contributed by atoms with E-state index in [0.717, 1.165) is 103 Å². The Labute approximate surface area is 238 Å². The van der Waals surface area contributed by atoms with Gasteiger partial charge >= 0.3 is 19.8 Å². The maximum atomic E-state index is 12.0. The fourth-order valence-electron chi connectivity index (χ4n) is 3.69. The number of carbonyl (C=O) groups excluding carboxylic acids is 2. The van der Waals surface area contributed by atoms with Gasteiger partial charge in [-0.05, 0) is 67.2 Å². The molecular weight excluding hydrogens is 519 g/mol. The van der Waals surface area contributed by atoms with E-state index < -0.39 is 18.7 Å². The molecule has 0 aliphatic rings. The van der Waals surface area contributed by atoms with Gasteiger partial charge < -0.3 is 14.4 Å². The van der Waals surface area contributed by atoms with Crippen LogP contribution in [-0.2, 0) is 32.7 Å². The summed E-state index contributed by atoms with van der Waals surface area (Å²) in [6, 6.07) is 0. The lowest BCUT2D eigenvalue weighted by Gasteiger charge is -2.16. The van der Waals surface area contributed by atoms with E-state index in [1.165, 1.54) is 0 Å². The highest BCUT2D eigenvalue weighted by Crippen LogP contribution is 2.43. The van der Waals surface area contributed by atoms with Crippen molar-refractivity contribution in [3.63, 3.8) is 0 Å². The van der Waals surface area contributed by atoms with Gasteiger partial charge in [-0.2, -0.15) is 0 Å². The molecule has 0 aromatic carbocycles. The number of rotatable bonds is 24. The SMILES string of the molecule is CC(C)(C)C(=O)OCCCCCCCCCCOP(=O)(O)OCCCCCCCCCCOC(=O)C(C)(C)C. The standard InChI is InChI=1S/C30H59O8P/c1-29(2,3)27(31)35-23-19-15-11-7-9-13-17-21-25-37-39(33,34)38-26-22-18-14-10-8-12-16-20-24-36-28(32)30(4,5)6/h7-26H2,1-6H3,(H,33,34). The number of esters is 2. The second-order valence-electron chi connectivity index (χ2n) is 12.6. The maximum Gasteiger partial charge on any atom is 0.472 e. The summed E-state index contributed by atoms with van der Waals surface area (Å²) in [5.41, 5.74) is -0.872. The molecule has 232 valence electrons. The van der Waals surface area contributed by atoms with Crippen molar-refractivity contribution in [1.82, 2.24) is 0 Å². The average molecular weight is 579 g/mol. The molecule has 0 fully saturated rings. The third-order valence-corrected chi connectivity index (χ3v) is 7.29. The Hall–Kier alpha value is -0.950. The van der Waals surface area contributed by atoms with Crippen LogP contribution in [0.1, 0.15) is 144 Å². The lowest BCUT2D eigenvalue weighted by molar-refractivity contribution is -0.153. The summed E-state index contributed by atoms with van der Waals surface area (Å²) < 4.78 is 32.7. The number of hydrogen-bond donors (Lipinski definition) is 1. The van der Waals surface area contributed by atoms with Gasteiger partial charge in [0.05, 0.1) is 37.3 Å². The molecule has 0 aliphatic carbocycles. The van der Waals surface area contributed by atoms with Crippen LogP contribution in [0.5, 0.6) is 0 Å². The average Bonchev–Trinajstić information content (AvgIpc) is 2.83. The van der Waals surface area contributed by atoms with E-state index in [4.69, 9.17) is 18.5 Å². The number of hydrogen-bond acceptors (Lipinski definition) is 7. The molecular formula is C30H59O8P. The van der Waals surface area contributed by atoms with Crippen LogP contribution >= 0.6 is 7.82 Å². The van der Waals surface area contributed by atoms with Crippen molar-refractivity contribution < 1.29 is 37.6 Å². The predicted octanol–water partition coefficient (Wildman–Crippen LogP) is 8.54. The number of phosphoric acid groups is 1. The Morgan fingerprint density at radius 3 is 0.974 bits per heavy atom. The van der Waals surface area contributed by atoms with Crippen molar-refractivity contribution in [3.05, 3.63) is 0 Å². The number of carbonyl (C=O) groups is 2. The zero-order chi connectivity index (χ0) is 29.6. The Kier molecular flexibility index (Phi) is 21.2. The summed E-state index contributed by atoms with van der Waals surface area (Å²) >= 11 is 0. The largest absolute Gasteiger partial charge is 0.472 e. The lowest BCUT2D eigenvalue weighted by Crippen LogP contribution is -2.23. The predicted molar refractivity (Wildman–Crippen MR) is 156 cm³/mol. The van der Waals surface area contributed by atoms with E-state index in [1.807, 2.05) is 41.5 Å². The molecule has 0 radical (unpaired) electrons. The molecule has 0 heterocycles. The minimum absolute atomic E-state index is 0.143. The Morgan fingerprint density at radius 1 is 0.487 bits per heavy atom. The van der Waals surface area contributed by atoms with E-state index in [-0.39, 0.29) is 25.2 Å². The van der Waals surface area contributed by atoms with Gasteiger partial charge in [0.25, 0.3) is 0 Å². The number of unbranched alkanes of at least 4 members (excludes halogenated alkanes) is 14. The van der Waals surface area contributed by atoms with E-state index >= 15 is 0 Å². The van der Waals surface area contributed by atoms with E-state index in [2.05, 4.69) is 0 Å². The lowest BCUT2D eigenvalue weighted by atomic mass is 9.97. The second kappa shape index (κ2) is 21.8. The first kappa shape index (κ1) is 38.0. The van der Waals surface area contributed by atoms with Crippen molar-refractivity contribution in [2.45, 2.75) is 144 Å². The molecule has 0 aliphatic heterocycles. The summed E-state index contributed by atoms with van der Waals surface area (Å²) in [4.78, 5) is 33.2. The van der Waals surface area contributed by atoms with E-state index in [0.29, 0.717) is 13.2 Å². The summed E-state index contributed by atoms with van der Waals surface area (Å²) in [6.07, 6.45) is 16.3. The van der Waals surface area contributed by atoms with Crippen LogP contribution in [-0.4, -0.2) is 43.3 Å². The molecule has 0 atom stereocenters. The van der Waals surface area contributed by atoms with Gasteiger partial charge in [0.15, 0.2) is 0 Å². The smallest absolute Gasteiger partial charge is 0.465 e. The molecule has 0 amide bonds. The van der Waals surface area contributed by atoms with Crippen molar-refractivity contribution in [2.75, 3.05) is 26.4 Å². The maximum absolute atomic E-state index is 12.0. The molecule has 0 unspecified atom stereocenters. The quantitative estimate of drug-likeness (QED) is 0.0689. The molecule has 0 spiro atoms. The van der Waals surface area contributed by atoms with Crippen LogP contribution in [0.25, 0.3) is 0 Å². The highest BCUT2D eigenvalue weighted by molar-refractivity contribution is 7.47. The Morgan fingerprint density at radius 2 is 0.718 bits per heavy atom. The summed E-state index contributed by atoms with van der Waals surface area (Å²) in [5.74, 6) is -0.286. The van der Waals surface area contributed by atoms with Gasteiger partial charge in [0.1, 0.15) is 0 Å². The normalized spacial score (nSPS) is 12.5.